The molecule has 1 saturated heterocycles. The van der Waals surface area contributed by atoms with Gasteiger partial charge in [0.05, 0.1) is 0 Å². The summed E-state index contributed by atoms with van der Waals surface area (Å²) < 4.78 is 13.4. The zero-order valence-corrected chi connectivity index (χ0v) is 13.0. The molecule has 1 aliphatic rings. The van der Waals surface area contributed by atoms with E-state index in [1.807, 2.05) is 0 Å². The highest BCUT2D eigenvalue weighted by Gasteiger charge is 2.23. The van der Waals surface area contributed by atoms with Crippen molar-refractivity contribution in [1.29, 1.82) is 0 Å². The fourth-order valence-corrected chi connectivity index (χ4v) is 2.59. The predicted octanol–water partition coefficient (Wildman–Crippen LogP) is 1.67. The van der Waals surface area contributed by atoms with Gasteiger partial charge in [0.2, 0.25) is 11.8 Å². The molecule has 0 saturated carbocycles. The fourth-order valence-electron chi connectivity index (χ4n) is 2.59. The minimum atomic E-state index is -0.324. The van der Waals surface area contributed by atoms with Gasteiger partial charge >= 0.3 is 0 Å². The van der Waals surface area contributed by atoms with Gasteiger partial charge in [-0.2, -0.15) is 0 Å². The molecule has 0 unspecified atom stereocenters. The number of likely N-dealkylation sites (tertiary alicyclic amines) is 1. The van der Waals surface area contributed by atoms with Crippen molar-refractivity contribution >= 4 is 17.5 Å². The molecule has 5 nitrogen and oxygen atoms in total. The molecule has 22 heavy (non-hydrogen) atoms. The predicted molar refractivity (Wildman–Crippen MR) is 83.0 cm³/mol. The lowest BCUT2D eigenvalue weighted by atomic mass is 10.2. The molecule has 6 heteroatoms. The lowest BCUT2D eigenvalue weighted by Gasteiger charge is -2.16. The first-order chi connectivity index (χ1) is 10.4. The van der Waals surface area contributed by atoms with Crippen LogP contribution in [0, 0.1) is 12.7 Å². The molecule has 0 aromatic heterocycles. The Labute approximate surface area is 129 Å². The second-order valence-corrected chi connectivity index (χ2v) is 5.75. The Kier molecular flexibility index (Phi) is 5.49. The molecule has 1 atom stereocenters. The number of nitrogens with zero attached hydrogens (tertiary/aromatic N) is 1. The molecule has 0 aliphatic carbocycles. The molecule has 2 N–H and O–H groups in total. The number of halogens is 1. The molecular formula is C16H22FN3O2. The summed E-state index contributed by atoms with van der Waals surface area (Å²) in [7, 11) is 0. The highest BCUT2D eigenvalue weighted by Crippen LogP contribution is 2.14. The molecule has 1 heterocycles. The van der Waals surface area contributed by atoms with E-state index in [-0.39, 0.29) is 23.7 Å². The van der Waals surface area contributed by atoms with E-state index in [2.05, 4.69) is 15.5 Å². The van der Waals surface area contributed by atoms with E-state index in [1.165, 1.54) is 13.0 Å². The number of rotatable bonds is 5. The van der Waals surface area contributed by atoms with E-state index in [0.29, 0.717) is 24.2 Å². The molecule has 1 fully saturated rings. The first kappa shape index (κ1) is 16.4. The van der Waals surface area contributed by atoms with Crippen LogP contribution in [0.2, 0.25) is 0 Å². The Hall–Kier alpha value is -1.95. The number of carbonyl (C=O) groups is 2. The van der Waals surface area contributed by atoms with Gasteiger partial charge in [-0.1, -0.05) is 6.07 Å². The second-order valence-electron chi connectivity index (χ2n) is 5.75. The summed E-state index contributed by atoms with van der Waals surface area (Å²) in [6.07, 6.45) is 1.26. The van der Waals surface area contributed by atoms with Gasteiger partial charge in [0, 0.05) is 44.7 Å². The van der Waals surface area contributed by atoms with Crippen molar-refractivity contribution in [3.8, 4) is 0 Å². The molecule has 1 aromatic carbocycles. The van der Waals surface area contributed by atoms with Crippen molar-refractivity contribution in [1.82, 2.24) is 10.2 Å². The summed E-state index contributed by atoms with van der Waals surface area (Å²) in [5.74, 6) is -0.479. The molecule has 2 amide bonds. The molecule has 0 bridgehead atoms. The second kappa shape index (κ2) is 7.35. The largest absolute Gasteiger partial charge is 0.352 e. The topological polar surface area (TPSA) is 61.4 Å². The van der Waals surface area contributed by atoms with Crippen LogP contribution in [-0.2, 0) is 9.59 Å². The Bertz CT molecular complexity index is 562. The van der Waals surface area contributed by atoms with Crippen LogP contribution in [0.3, 0.4) is 0 Å². The summed E-state index contributed by atoms with van der Waals surface area (Å²) in [5.41, 5.74) is 1.03. The normalized spacial score (nSPS) is 18.2. The Morgan fingerprint density at radius 2 is 2.18 bits per heavy atom. The van der Waals surface area contributed by atoms with Crippen molar-refractivity contribution in [3.63, 3.8) is 0 Å². The van der Waals surface area contributed by atoms with E-state index < -0.39 is 0 Å². The number of hydrogen-bond donors (Lipinski definition) is 2. The molecular weight excluding hydrogens is 285 g/mol. The molecule has 1 aromatic rings. The SMILES string of the molecule is CC(=O)N[C@H]1CCN(CCC(=O)Nc2ccc(C)c(F)c2)C1. The van der Waals surface area contributed by atoms with Gasteiger partial charge in [-0.3, -0.25) is 9.59 Å². The first-order valence-corrected chi connectivity index (χ1v) is 7.49. The van der Waals surface area contributed by atoms with Crippen molar-refractivity contribution < 1.29 is 14.0 Å². The highest BCUT2D eigenvalue weighted by atomic mass is 19.1. The third kappa shape index (κ3) is 4.80. The monoisotopic (exact) mass is 307 g/mol. The number of anilines is 1. The zero-order valence-electron chi connectivity index (χ0n) is 13.0. The number of aryl methyl sites for hydroxylation is 1. The summed E-state index contributed by atoms with van der Waals surface area (Å²) in [6.45, 7) is 5.47. The van der Waals surface area contributed by atoms with Crippen molar-refractivity contribution in [3.05, 3.63) is 29.6 Å². The van der Waals surface area contributed by atoms with Crippen LogP contribution in [0.1, 0.15) is 25.3 Å². The van der Waals surface area contributed by atoms with E-state index in [4.69, 9.17) is 0 Å². The average Bonchev–Trinajstić information content (AvgIpc) is 2.87. The van der Waals surface area contributed by atoms with Gasteiger partial charge in [-0.05, 0) is 31.0 Å². The maximum Gasteiger partial charge on any atom is 0.225 e. The third-order valence-electron chi connectivity index (χ3n) is 3.79. The van der Waals surface area contributed by atoms with Gasteiger partial charge in [0.1, 0.15) is 5.82 Å². The first-order valence-electron chi connectivity index (χ1n) is 7.49. The van der Waals surface area contributed by atoms with E-state index in [1.54, 1.807) is 19.1 Å². The maximum absolute atomic E-state index is 13.4. The minimum Gasteiger partial charge on any atom is -0.352 e. The summed E-state index contributed by atoms with van der Waals surface area (Å²) in [5, 5.41) is 5.59. The van der Waals surface area contributed by atoms with Crippen molar-refractivity contribution in [2.75, 3.05) is 25.0 Å². The Morgan fingerprint density at radius 3 is 2.86 bits per heavy atom. The summed E-state index contributed by atoms with van der Waals surface area (Å²) in [4.78, 5) is 25.0. The maximum atomic E-state index is 13.4. The molecule has 120 valence electrons. The Balaban J connectivity index is 1.74. The van der Waals surface area contributed by atoms with E-state index in [0.717, 1.165) is 19.5 Å². The van der Waals surface area contributed by atoms with E-state index in [9.17, 15) is 14.0 Å². The Morgan fingerprint density at radius 1 is 1.41 bits per heavy atom. The van der Waals surface area contributed by atoms with Crippen LogP contribution in [0.15, 0.2) is 18.2 Å². The number of carbonyl (C=O) groups excluding carboxylic acids is 2. The van der Waals surface area contributed by atoms with Crippen molar-refractivity contribution in [2.45, 2.75) is 32.7 Å². The average molecular weight is 307 g/mol. The molecule has 0 radical (unpaired) electrons. The minimum absolute atomic E-state index is 0.0222. The lowest BCUT2D eigenvalue weighted by Crippen LogP contribution is -2.36. The smallest absolute Gasteiger partial charge is 0.225 e. The molecule has 0 spiro atoms. The third-order valence-corrected chi connectivity index (χ3v) is 3.79. The summed E-state index contributed by atoms with van der Waals surface area (Å²) >= 11 is 0. The van der Waals surface area contributed by atoms with Crippen molar-refractivity contribution in [2.24, 2.45) is 0 Å². The van der Waals surface area contributed by atoms with Crippen LogP contribution in [-0.4, -0.2) is 42.4 Å². The quantitative estimate of drug-likeness (QED) is 0.870. The van der Waals surface area contributed by atoms with Crippen LogP contribution in [0.5, 0.6) is 0 Å². The number of hydrogen-bond acceptors (Lipinski definition) is 3. The number of nitrogens with one attached hydrogen (secondary N) is 2. The van der Waals surface area contributed by atoms with Crippen LogP contribution in [0.4, 0.5) is 10.1 Å². The standard InChI is InChI=1S/C16H22FN3O2/c1-11-3-4-13(9-15(11)17)19-16(22)6-8-20-7-5-14(10-20)18-12(2)21/h3-4,9,14H,5-8,10H2,1-2H3,(H,18,21)(H,19,22)/t14-/m0/s1. The van der Waals surface area contributed by atoms with Gasteiger partial charge in [-0.15, -0.1) is 0 Å². The number of benzene rings is 1. The zero-order chi connectivity index (χ0) is 16.1. The van der Waals surface area contributed by atoms with Crippen LogP contribution >= 0.6 is 0 Å². The number of amides is 2. The van der Waals surface area contributed by atoms with Gasteiger partial charge in [0.25, 0.3) is 0 Å². The van der Waals surface area contributed by atoms with Gasteiger partial charge in [0.15, 0.2) is 0 Å². The van der Waals surface area contributed by atoms with Gasteiger partial charge < -0.3 is 15.5 Å². The molecule has 1 aliphatic heterocycles. The fraction of sp³-hybridized carbons (Fsp3) is 0.500. The van der Waals surface area contributed by atoms with Crippen LogP contribution in [0.25, 0.3) is 0 Å². The van der Waals surface area contributed by atoms with E-state index >= 15 is 0 Å². The molecule has 2 rings (SSSR count). The lowest BCUT2D eigenvalue weighted by molar-refractivity contribution is -0.119. The summed E-state index contributed by atoms with van der Waals surface area (Å²) in [6, 6.07) is 4.84. The van der Waals surface area contributed by atoms with Gasteiger partial charge in [-0.25, -0.2) is 4.39 Å². The highest BCUT2D eigenvalue weighted by molar-refractivity contribution is 5.90. The van der Waals surface area contributed by atoms with Crippen LogP contribution < -0.4 is 10.6 Å².